The average Bonchev–Trinajstić information content (AvgIpc) is 3.36. The molecule has 3 aromatic rings. The van der Waals surface area contributed by atoms with Crippen LogP contribution < -0.4 is 15.0 Å². The van der Waals surface area contributed by atoms with Gasteiger partial charge in [-0.25, -0.2) is 9.97 Å². The molecule has 0 radical (unpaired) electrons. The molecule has 14 heteroatoms. The minimum absolute atomic E-state index is 0.0939. The monoisotopic (exact) mass is 517 g/mol. The van der Waals surface area contributed by atoms with Gasteiger partial charge in [-0.05, 0) is 17.7 Å². The number of hydrogen-bond donors (Lipinski definition) is 2. The van der Waals surface area contributed by atoms with Crippen molar-refractivity contribution < 1.29 is 22.7 Å². The number of aromatic nitrogens is 5. The van der Waals surface area contributed by atoms with Gasteiger partial charge in [0.25, 0.3) is 0 Å². The standard InChI is InChI=1S/C23H26F3N9O2/c24-23(25,26)37-18-3-1-2-16(10-18)11-27-22-28-12-17(13-29-22)34-8-6-33(7-9-34)15-21(36)35-5-4-19-20(14-35)31-32-30-19/h1-3,10,12-13H,4-9,11,14-15H2,(H,27,28,29)(H,30,31,32). The van der Waals surface area contributed by atoms with Crippen LogP contribution in [-0.4, -0.2) is 86.7 Å². The fourth-order valence-corrected chi connectivity index (χ4v) is 4.38. The summed E-state index contributed by atoms with van der Waals surface area (Å²) in [6.07, 6.45) is -0.570. The van der Waals surface area contributed by atoms with E-state index in [1.54, 1.807) is 18.5 Å². The second-order valence-corrected chi connectivity index (χ2v) is 8.88. The zero-order valence-corrected chi connectivity index (χ0v) is 19.9. The number of hydrogen-bond acceptors (Lipinski definition) is 9. The Kier molecular flexibility index (Phi) is 7.08. The molecule has 1 saturated heterocycles. The van der Waals surface area contributed by atoms with Crippen LogP contribution in [0.15, 0.2) is 36.7 Å². The Bertz CT molecular complexity index is 1210. The van der Waals surface area contributed by atoms with Crippen molar-refractivity contribution in [1.82, 2.24) is 35.2 Å². The largest absolute Gasteiger partial charge is 0.573 e. The van der Waals surface area contributed by atoms with Crippen molar-refractivity contribution in [3.8, 4) is 5.75 Å². The molecule has 2 aliphatic rings. The molecule has 2 aromatic heterocycles. The number of nitrogens with one attached hydrogen (secondary N) is 2. The van der Waals surface area contributed by atoms with Crippen LogP contribution in [0, 0.1) is 0 Å². The maximum atomic E-state index is 12.8. The molecule has 0 atom stereocenters. The summed E-state index contributed by atoms with van der Waals surface area (Å²) in [7, 11) is 0. The SMILES string of the molecule is O=C(CN1CCN(c2cnc(NCc3cccc(OC(F)(F)F)c3)nc2)CC1)N1CCc2[nH]nnc2C1. The van der Waals surface area contributed by atoms with Gasteiger partial charge in [0.2, 0.25) is 11.9 Å². The third-order valence-electron chi connectivity index (χ3n) is 6.35. The van der Waals surface area contributed by atoms with E-state index in [1.165, 1.54) is 18.2 Å². The number of fused-ring (bicyclic) bond motifs is 1. The van der Waals surface area contributed by atoms with E-state index < -0.39 is 6.36 Å². The van der Waals surface area contributed by atoms with Crippen molar-refractivity contribution >= 4 is 17.5 Å². The molecular weight excluding hydrogens is 491 g/mol. The third kappa shape index (κ3) is 6.44. The highest BCUT2D eigenvalue weighted by atomic mass is 19.4. The van der Waals surface area contributed by atoms with Crippen LogP contribution in [0.4, 0.5) is 24.8 Å². The number of H-pyrrole nitrogens is 1. The van der Waals surface area contributed by atoms with Gasteiger partial charge in [0.1, 0.15) is 11.4 Å². The number of rotatable bonds is 7. The smallest absolute Gasteiger partial charge is 0.406 e. The number of ether oxygens (including phenoxy) is 1. The number of carbonyl (C=O) groups excluding carboxylic acids is 1. The molecule has 1 amide bonds. The van der Waals surface area contributed by atoms with E-state index in [-0.39, 0.29) is 18.2 Å². The molecule has 1 aromatic carbocycles. The number of alkyl halides is 3. The zero-order chi connectivity index (χ0) is 25.8. The van der Waals surface area contributed by atoms with Gasteiger partial charge in [-0.3, -0.25) is 14.8 Å². The quantitative estimate of drug-likeness (QED) is 0.484. The molecular formula is C23H26F3N9O2. The molecule has 0 spiro atoms. The maximum absolute atomic E-state index is 12.8. The van der Waals surface area contributed by atoms with Crippen molar-refractivity contribution in [3.05, 3.63) is 53.6 Å². The average molecular weight is 518 g/mol. The zero-order valence-electron chi connectivity index (χ0n) is 19.9. The Morgan fingerprint density at radius 1 is 1.11 bits per heavy atom. The van der Waals surface area contributed by atoms with E-state index in [9.17, 15) is 18.0 Å². The van der Waals surface area contributed by atoms with E-state index in [4.69, 9.17) is 0 Å². The summed E-state index contributed by atoms with van der Waals surface area (Å²) >= 11 is 0. The van der Waals surface area contributed by atoms with Crippen LogP contribution in [0.5, 0.6) is 5.75 Å². The maximum Gasteiger partial charge on any atom is 0.573 e. The van der Waals surface area contributed by atoms with Crippen molar-refractivity contribution in [3.63, 3.8) is 0 Å². The van der Waals surface area contributed by atoms with E-state index in [1.807, 2.05) is 4.90 Å². The second kappa shape index (κ2) is 10.6. The molecule has 4 heterocycles. The molecule has 11 nitrogen and oxygen atoms in total. The Morgan fingerprint density at radius 3 is 2.65 bits per heavy atom. The lowest BCUT2D eigenvalue weighted by atomic mass is 10.1. The topological polar surface area (TPSA) is 115 Å². The molecule has 1 fully saturated rings. The number of halogens is 3. The van der Waals surface area contributed by atoms with Crippen molar-refractivity contribution in [2.75, 3.05) is 49.5 Å². The number of anilines is 2. The fraction of sp³-hybridized carbons (Fsp3) is 0.435. The van der Waals surface area contributed by atoms with Gasteiger partial charge >= 0.3 is 6.36 Å². The predicted octanol–water partition coefficient (Wildman–Crippen LogP) is 1.81. The highest BCUT2D eigenvalue weighted by Crippen LogP contribution is 2.24. The van der Waals surface area contributed by atoms with Gasteiger partial charge in [-0.15, -0.1) is 18.3 Å². The Balaban J connectivity index is 1.07. The molecule has 0 unspecified atom stereocenters. The van der Waals surface area contributed by atoms with Crippen LogP contribution in [-0.2, 0) is 24.3 Å². The minimum atomic E-state index is -4.73. The number of benzene rings is 1. The first-order chi connectivity index (χ1) is 17.8. The third-order valence-corrected chi connectivity index (χ3v) is 6.35. The van der Waals surface area contributed by atoms with Gasteiger partial charge in [-0.1, -0.05) is 17.3 Å². The highest BCUT2D eigenvalue weighted by Gasteiger charge is 2.31. The van der Waals surface area contributed by atoms with Gasteiger partial charge < -0.3 is 19.9 Å². The van der Waals surface area contributed by atoms with E-state index in [2.05, 4.69) is 45.2 Å². The van der Waals surface area contributed by atoms with Gasteiger partial charge in [0.15, 0.2) is 0 Å². The molecule has 0 bridgehead atoms. The molecule has 0 saturated carbocycles. The molecule has 0 aliphatic carbocycles. The van der Waals surface area contributed by atoms with Gasteiger partial charge in [0, 0.05) is 45.7 Å². The number of amides is 1. The van der Waals surface area contributed by atoms with Crippen LogP contribution in [0.3, 0.4) is 0 Å². The van der Waals surface area contributed by atoms with Gasteiger partial charge in [-0.2, -0.15) is 0 Å². The number of nitrogens with zero attached hydrogens (tertiary/aromatic N) is 7. The first-order valence-corrected chi connectivity index (χ1v) is 11.9. The summed E-state index contributed by atoms with van der Waals surface area (Å²) in [4.78, 5) is 27.6. The summed E-state index contributed by atoms with van der Waals surface area (Å²) in [5, 5.41) is 13.7. The first kappa shape index (κ1) is 24.7. The van der Waals surface area contributed by atoms with E-state index in [0.717, 1.165) is 49.7 Å². The Hall–Kier alpha value is -3.94. The van der Waals surface area contributed by atoms with E-state index in [0.29, 0.717) is 31.1 Å². The summed E-state index contributed by atoms with van der Waals surface area (Å²) in [6, 6.07) is 5.74. The number of carbonyl (C=O) groups is 1. The molecule has 5 rings (SSSR count). The highest BCUT2D eigenvalue weighted by molar-refractivity contribution is 5.78. The van der Waals surface area contributed by atoms with Crippen LogP contribution in [0.2, 0.25) is 0 Å². The molecule has 2 aliphatic heterocycles. The lowest BCUT2D eigenvalue weighted by molar-refractivity contribution is -0.274. The van der Waals surface area contributed by atoms with Crippen molar-refractivity contribution in [1.29, 1.82) is 0 Å². The Labute approximate surface area is 210 Å². The predicted molar refractivity (Wildman–Crippen MR) is 127 cm³/mol. The van der Waals surface area contributed by atoms with Crippen LogP contribution in [0.1, 0.15) is 17.0 Å². The molecule has 196 valence electrons. The van der Waals surface area contributed by atoms with Crippen molar-refractivity contribution in [2.24, 2.45) is 0 Å². The summed E-state index contributed by atoms with van der Waals surface area (Å²) in [5.74, 6) is 0.187. The van der Waals surface area contributed by atoms with Crippen LogP contribution in [0.25, 0.3) is 0 Å². The summed E-state index contributed by atoms with van der Waals surface area (Å²) in [6.45, 7) is 4.74. The van der Waals surface area contributed by atoms with Crippen LogP contribution >= 0.6 is 0 Å². The Morgan fingerprint density at radius 2 is 1.89 bits per heavy atom. The first-order valence-electron chi connectivity index (χ1n) is 11.9. The fourth-order valence-electron chi connectivity index (χ4n) is 4.38. The van der Waals surface area contributed by atoms with E-state index >= 15 is 0 Å². The minimum Gasteiger partial charge on any atom is -0.406 e. The second-order valence-electron chi connectivity index (χ2n) is 8.88. The normalized spacial score (nSPS) is 16.4. The van der Waals surface area contributed by atoms with Crippen molar-refractivity contribution in [2.45, 2.75) is 25.9 Å². The lowest BCUT2D eigenvalue weighted by Crippen LogP contribution is -2.50. The molecule has 2 N–H and O–H groups in total. The molecule has 37 heavy (non-hydrogen) atoms. The lowest BCUT2D eigenvalue weighted by Gasteiger charge is -2.36. The summed E-state index contributed by atoms with van der Waals surface area (Å²) < 4.78 is 41.2. The summed E-state index contributed by atoms with van der Waals surface area (Å²) in [5.41, 5.74) is 3.31. The number of piperazine rings is 1. The van der Waals surface area contributed by atoms with Gasteiger partial charge in [0.05, 0.1) is 36.9 Å². The number of aromatic amines is 1.